The van der Waals surface area contributed by atoms with Crippen LogP contribution in [0.2, 0.25) is 0 Å². The monoisotopic (exact) mass is 252 g/mol. The zero-order valence-corrected chi connectivity index (χ0v) is 10.7. The van der Waals surface area contributed by atoms with Gasteiger partial charge in [0.1, 0.15) is 18.9 Å². The SMILES string of the molecule is C=CCOc1cccc(C[NH2+]CCOCCO)c1. The Morgan fingerprint density at radius 3 is 3.00 bits per heavy atom. The largest absolute Gasteiger partial charge is 0.490 e. The van der Waals surface area contributed by atoms with E-state index in [-0.39, 0.29) is 6.61 Å². The zero-order chi connectivity index (χ0) is 13.1. The minimum Gasteiger partial charge on any atom is -0.490 e. The smallest absolute Gasteiger partial charge is 0.120 e. The van der Waals surface area contributed by atoms with E-state index in [4.69, 9.17) is 14.6 Å². The van der Waals surface area contributed by atoms with Gasteiger partial charge in [-0.3, -0.25) is 0 Å². The van der Waals surface area contributed by atoms with Gasteiger partial charge in [-0.1, -0.05) is 24.8 Å². The van der Waals surface area contributed by atoms with Gasteiger partial charge in [0.15, 0.2) is 0 Å². The van der Waals surface area contributed by atoms with Crippen molar-refractivity contribution in [3.8, 4) is 5.75 Å². The summed E-state index contributed by atoms with van der Waals surface area (Å²) in [5.41, 5.74) is 1.22. The van der Waals surface area contributed by atoms with E-state index >= 15 is 0 Å². The number of hydrogen-bond acceptors (Lipinski definition) is 3. The Kier molecular flexibility index (Phi) is 7.88. The maximum Gasteiger partial charge on any atom is 0.120 e. The van der Waals surface area contributed by atoms with Crippen molar-refractivity contribution in [3.63, 3.8) is 0 Å². The maximum absolute atomic E-state index is 8.55. The number of ether oxygens (including phenoxy) is 2. The minimum absolute atomic E-state index is 0.0860. The first kappa shape index (κ1) is 14.7. The van der Waals surface area contributed by atoms with Crippen LogP contribution < -0.4 is 10.1 Å². The van der Waals surface area contributed by atoms with Crippen molar-refractivity contribution >= 4 is 0 Å². The lowest BCUT2D eigenvalue weighted by Crippen LogP contribution is -2.83. The Balaban J connectivity index is 2.22. The van der Waals surface area contributed by atoms with Gasteiger partial charge in [0.25, 0.3) is 0 Å². The Hall–Kier alpha value is -1.36. The van der Waals surface area contributed by atoms with Gasteiger partial charge in [-0.05, 0) is 12.1 Å². The van der Waals surface area contributed by atoms with E-state index in [1.54, 1.807) is 6.08 Å². The van der Waals surface area contributed by atoms with Crippen LogP contribution in [-0.4, -0.2) is 38.1 Å². The van der Waals surface area contributed by atoms with Gasteiger partial charge >= 0.3 is 0 Å². The second-order valence-corrected chi connectivity index (χ2v) is 3.86. The molecule has 0 atom stereocenters. The minimum atomic E-state index is 0.0860. The molecule has 0 bridgehead atoms. The van der Waals surface area contributed by atoms with Gasteiger partial charge in [-0.25, -0.2) is 0 Å². The van der Waals surface area contributed by atoms with Gasteiger partial charge in [0.2, 0.25) is 0 Å². The Bertz CT molecular complexity index is 342. The fourth-order valence-corrected chi connectivity index (χ4v) is 1.52. The molecular formula is C14H22NO3+. The van der Waals surface area contributed by atoms with Crippen molar-refractivity contribution in [1.82, 2.24) is 0 Å². The van der Waals surface area contributed by atoms with Crippen LogP contribution in [0.15, 0.2) is 36.9 Å². The molecule has 0 aliphatic heterocycles. The van der Waals surface area contributed by atoms with Crippen LogP contribution in [0.3, 0.4) is 0 Å². The van der Waals surface area contributed by atoms with Gasteiger partial charge in [0.05, 0.1) is 26.4 Å². The molecule has 0 heterocycles. The third-order valence-corrected chi connectivity index (χ3v) is 2.35. The van der Waals surface area contributed by atoms with Crippen LogP contribution in [-0.2, 0) is 11.3 Å². The summed E-state index contributed by atoms with van der Waals surface area (Å²) in [7, 11) is 0. The van der Waals surface area contributed by atoms with Crippen molar-refractivity contribution < 1.29 is 19.9 Å². The van der Waals surface area contributed by atoms with E-state index < -0.39 is 0 Å². The van der Waals surface area contributed by atoms with E-state index in [0.717, 1.165) is 18.8 Å². The molecule has 0 spiro atoms. The summed E-state index contributed by atoms with van der Waals surface area (Å²) in [5.74, 6) is 0.873. The van der Waals surface area contributed by atoms with Crippen LogP contribution >= 0.6 is 0 Å². The van der Waals surface area contributed by atoms with Crippen molar-refractivity contribution in [3.05, 3.63) is 42.5 Å². The van der Waals surface area contributed by atoms with Gasteiger partial charge < -0.3 is 19.9 Å². The van der Waals surface area contributed by atoms with Crippen molar-refractivity contribution in [2.45, 2.75) is 6.54 Å². The van der Waals surface area contributed by atoms with Crippen molar-refractivity contribution in [1.29, 1.82) is 0 Å². The van der Waals surface area contributed by atoms with Crippen LogP contribution in [0.1, 0.15) is 5.56 Å². The molecule has 0 unspecified atom stereocenters. The zero-order valence-electron chi connectivity index (χ0n) is 10.7. The fourth-order valence-electron chi connectivity index (χ4n) is 1.52. The van der Waals surface area contributed by atoms with E-state index in [9.17, 15) is 0 Å². The summed E-state index contributed by atoms with van der Waals surface area (Å²) in [6.45, 7) is 7.09. The third kappa shape index (κ3) is 6.39. The first-order valence-corrected chi connectivity index (χ1v) is 6.19. The molecule has 1 aromatic rings. The molecule has 4 heteroatoms. The second-order valence-electron chi connectivity index (χ2n) is 3.86. The summed E-state index contributed by atoms with van der Waals surface area (Å²) < 4.78 is 10.7. The Morgan fingerprint density at radius 1 is 1.33 bits per heavy atom. The summed E-state index contributed by atoms with van der Waals surface area (Å²) >= 11 is 0. The van der Waals surface area contributed by atoms with Crippen LogP contribution in [0.5, 0.6) is 5.75 Å². The highest BCUT2D eigenvalue weighted by atomic mass is 16.5. The molecule has 0 aliphatic rings. The molecule has 0 fully saturated rings. The molecule has 0 aliphatic carbocycles. The molecule has 0 radical (unpaired) electrons. The van der Waals surface area contributed by atoms with Crippen LogP contribution in [0.4, 0.5) is 0 Å². The average molecular weight is 252 g/mol. The van der Waals surface area contributed by atoms with Gasteiger partial charge in [0, 0.05) is 5.56 Å². The molecule has 18 heavy (non-hydrogen) atoms. The molecule has 0 aromatic heterocycles. The summed E-state index contributed by atoms with van der Waals surface area (Å²) in [6.07, 6.45) is 1.73. The van der Waals surface area contributed by atoms with E-state index in [1.165, 1.54) is 5.56 Å². The number of benzene rings is 1. The molecule has 0 amide bonds. The summed E-state index contributed by atoms with van der Waals surface area (Å²) in [6, 6.07) is 8.04. The number of quaternary nitrogens is 1. The predicted molar refractivity (Wildman–Crippen MR) is 70.5 cm³/mol. The highest BCUT2D eigenvalue weighted by molar-refractivity contribution is 5.28. The quantitative estimate of drug-likeness (QED) is 0.466. The molecule has 0 saturated carbocycles. The number of rotatable bonds is 10. The van der Waals surface area contributed by atoms with Crippen molar-refractivity contribution in [2.24, 2.45) is 0 Å². The fraction of sp³-hybridized carbons (Fsp3) is 0.429. The molecule has 0 saturated heterocycles. The topological polar surface area (TPSA) is 55.3 Å². The molecular weight excluding hydrogens is 230 g/mol. The van der Waals surface area contributed by atoms with Crippen LogP contribution in [0, 0.1) is 0 Å². The van der Waals surface area contributed by atoms with Crippen LogP contribution in [0.25, 0.3) is 0 Å². The first-order valence-electron chi connectivity index (χ1n) is 6.19. The Morgan fingerprint density at radius 2 is 2.22 bits per heavy atom. The molecule has 100 valence electrons. The maximum atomic E-state index is 8.55. The number of aliphatic hydroxyl groups excluding tert-OH is 1. The highest BCUT2D eigenvalue weighted by Gasteiger charge is 1.98. The first-order chi connectivity index (χ1) is 8.86. The lowest BCUT2D eigenvalue weighted by Gasteiger charge is -2.06. The predicted octanol–water partition coefficient (Wildman–Crippen LogP) is 0.324. The number of nitrogens with two attached hydrogens (primary N) is 1. The number of aliphatic hydroxyl groups is 1. The summed E-state index contributed by atoms with van der Waals surface area (Å²) in [5, 5.41) is 10.7. The normalized spacial score (nSPS) is 10.3. The van der Waals surface area contributed by atoms with E-state index in [2.05, 4.69) is 18.0 Å². The number of hydrogen-bond donors (Lipinski definition) is 2. The molecule has 3 N–H and O–H groups in total. The second kappa shape index (κ2) is 9.65. The molecule has 4 nitrogen and oxygen atoms in total. The third-order valence-electron chi connectivity index (χ3n) is 2.35. The average Bonchev–Trinajstić information content (AvgIpc) is 2.41. The van der Waals surface area contributed by atoms with E-state index in [1.807, 2.05) is 18.2 Å². The standard InChI is InChI=1S/C14H21NO3/c1-2-8-18-14-5-3-4-13(11-14)12-15-6-9-17-10-7-16/h2-5,11,15-16H,1,6-10,12H2/p+1. The lowest BCUT2D eigenvalue weighted by molar-refractivity contribution is -0.672. The Labute approximate surface area is 108 Å². The highest BCUT2D eigenvalue weighted by Crippen LogP contribution is 2.12. The molecule has 1 aromatic carbocycles. The summed E-state index contributed by atoms with van der Waals surface area (Å²) in [4.78, 5) is 0. The van der Waals surface area contributed by atoms with Gasteiger partial charge in [-0.2, -0.15) is 0 Å². The van der Waals surface area contributed by atoms with Crippen molar-refractivity contribution in [2.75, 3.05) is 33.0 Å². The molecule has 1 rings (SSSR count). The van der Waals surface area contributed by atoms with Gasteiger partial charge in [-0.15, -0.1) is 0 Å². The van der Waals surface area contributed by atoms with E-state index in [0.29, 0.717) is 19.8 Å². The lowest BCUT2D eigenvalue weighted by atomic mass is 10.2.